The molecule has 6 nitrogen and oxygen atoms in total. The van der Waals surface area contributed by atoms with Crippen LogP contribution >= 0.6 is 0 Å². The van der Waals surface area contributed by atoms with Gasteiger partial charge in [0.25, 0.3) is 0 Å². The van der Waals surface area contributed by atoms with Crippen molar-refractivity contribution < 1.29 is 14.3 Å². The first kappa shape index (κ1) is 41.1. The Morgan fingerprint density at radius 2 is 0.881 bits per heavy atom. The molecule has 0 aromatic carbocycles. The summed E-state index contributed by atoms with van der Waals surface area (Å²) in [7, 11) is 4.02. The van der Waals surface area contributed by atoms with Crippen molar-refractivity contribution in [1.29, 1.82) is 0 Å². The van der Waals surface area contributed by atoms with Gasteiger partial charge in [0.2, 0.25) is 0 Å². The van der Waals surface area contributed by atoms with E-state index in [-0.39, 0.29) is 12.1 Å². The number of likely N-dealkylation sites (N-methyl/N-ethyl adjacent to an activating group) is 1. The number of ether oxygens (including phenoxy) is 2. The van der Waals surface area contributed by atoms with Crippen molar-refractivity contribution >= 4 is 6.03 Å². The number of nitrogens with one attached hydrogen (secondary N) is 2. The van der Waals surface area contributed by atoms with Crippen LogP contribution in [0.3, 0.4) is 0 Å². The maximum absolute atomic E-state index is 12.4. The van der Waals surface area contributed by atoms with Gasteiger partial charge in [0.05, 0.1) is 19.3 Å². The van der Waals surface area contributed by atoms with Gasteiger partial charge in [-0.15, -0.1) is 0 Å². The molecule has 42 heavy (non-hydrogen) atoms. The molecule has 6 heteroatoms. The molecule has 2 amide bonds. The van der Waals surface area contributed by atoms with Gasteiger partial charge in [-0.1, -0.05) is 155 Å². The summed E-state index contributed by atoms with van der Waals surface area (Å²) in [6.07, 6.45) is 32.3. The number of carbonyl (C=O) groups excluding carboxylic acids is 1. The van der Waals surface area contributed by atoms with Gasteiger partial charge in [0.15, 0.2) is 0 Å². The predicted molar refractivity (Wildman–Crippen MR) is 183 cm³/mol. The summed E-state index contributed by atoms with van der Waals surface area (Å²) in [6, 6.07) is -0.246. The monoisotopic (exact) mass is 598 g/mol. The highest BCUT2D eigenvalue weighted by Gasteiger charge is 2.13. The highest BCUT2D eigenvalue weighted by Crippen LogP contribution is 2.13. The van der Waals surface area contributed by atoms with Gasteiger partial charge >= 0.3 is 6.03 Å². The molecule has 0 aromatic heterocycles. The minimum absolute atomic E-state index is 0.112. The van der Waals surface area contributed by atoms with Crippen LogP contribution < -0.4 is 10.6 Å². The van der Waals surface area contributed by atoms with Crippen molar-refractivity contribution in [3.05, 3.63) is 0 Å². The molecule has 0 spiro atoms. The summed E-state index contributed by atoms with van der Waals surface area (Å²) in [5.74, 6) is 0. The van der Waals surface area contributed by atoms with Crippen molar-refractivity contribution in [2.45, 2.75) is 174 Å². The molecule has 0 aliphatic rings. The molecule has 0 radical (unpaired) electrons. The van der Waals surface area contributed by atoms with E-state index in [2.05, 4.69) is 29.4 Å². The van der Waals surface area contributed by atoms with Gasteiger partial charge in [-0.2, -0.15) is 0 Å². The number of amides is 2. The number of carbonyl (C=O) groups is 1. The molecule has 0 fully saturated rings. The molecule has 0 aromatic rings. The van der Waals surface area contributed by atoms with E-state index in [4.69, 9.17) is 9.47 Å². The molecule has 0 aliphatic carbocycles. The van der Waals surface area contributed by atoms with Crippen LogP contribution in [0.15, 0.2) is 0 Å². The van der Waals surface area contributed by atoms with E-state index >= 15 is 0 Å². The summed E-state index contributed by atoms with van der Waals surface area (Å²) < 4.78 is 11.9. The zero-order valence-corrected chi connectivity index (χ0v) is 29.0. The van der Waals surface area contributed by atoms with Gasteiger partial charge in [0.1, 0.15) is 0 Å². The van der Waals surface area contributed by atoms with Crippen LogP contribution in [-0.4, -0.2) is 70.6 Å². The average molecular weight is 598 g/mol. The Bertz CT molecular complexity index is 501. The number of nitrogens with zero attached hydrogens (tertiary/aromatic N) is 1. The first-order chi connectivity index (χ1) is 20.6. The first-order valence-corrected chi connectivity index (χ1v) is 18.4. The van der Waals surface area contributed by atoms with Gasteiger partial charge in [-0.25, -0.2) is 4.79 Å². The molecular formula is C36H75N3O3. The Morgan fingerprint density at radius 3 is 1.21 bits per heavy atom. The standard InChI is InChI=1S/C36H75N3O3/c1-5-7-9-11-13-15-17-19-21-23-25-27-31-41-33-35(38-36(40)37-29-30-39(3)4)34-42-32-28-26-24-22-20-18-16-14-12-10-8-6-2/h35H,5-34H2,1-4H3,(H2,37,38,40). The van der Waals surface area contributed by atoms with Crippen LogP contribution in [0.2, 0.25) is 0 Å². The minimum Gasteiger partial charge on any atom is -0.379 e. The Hall–Kier alpha value is -0.850. The zero-order valence-electron chi connectivity index (χ0n) is 29.0. The average Bonchev–Trinajstić information content (AvgIpc) is 2.97. The minimum atomic E-state index is -0.134. The van der Waals surface area contributed by atoms with Gasteiger partial charge < -0.3 is 25.0 Å². The Morgan fingerprint density at radius 1 is 0.548 bits per heavy atom. The van der Waals surface area contributed by atoms with Crippen LogP contribution in [0, 0.1) is 0 Å². The Balaban J connectivity index is 3.89. The number of rotatable bonds is 34. The van der Waals surface area contributed by atoms with E-state index in [1.807, 2.05) is 14.1 Å². The quantitative estimate of drug-likeness (QED) is 0.0725. The highest BCUT2D eigenvalue weighted by atomic mass is 16.5. The second kappa shape index (κ2) is 34.6. The molecule has 0 atom stereocenters. The molecular weight excluding hydrogens is 522 g/mol. The van der Waals surface area contributed by atoms with E-state index < -0.39 is 0 Å². The third-order valence-corrected chi connectivity index (χ3v) is 8.10. The number of urea groups is 1. The SMILES string of the molecule is CCCCCCCCCCCCCCOCC(COCCCCCCCCCCCCCC)NC(=O)NCCN(C)C. The van der Waals surface area contributed by atoms with Gasteiger partial charge in [-0.05, 0) is 26.9 Å². The molecule has 0 saturated heterocycles. The van der Waals surface area contributed by atoms with Crippen molar-refractivity contribution in [2.75, 3.05) is 53.6 Å². The second-order valence-corrected chi connectivity index (χ2v) is 12.8. The lowest BCUT2D eigenvalue weighted by Crippen LogP contribution is -2.47. The van der Waals surface area contributed by atoms with Gasteiger partial charge in [0, 0.05) is 26.3 Å². The fourth-order valence-corrected chi connectivity index (χ4v) is 5.30. The predicted octanol–water partition coefficient (Wildman–Crippen LogP) is 9.65. The van der Waals surface area contributed by atoms with E-state index in [0.717, 1.165) is 32.6 Å². The smallest absolute Gasteiger partial charge is 0.315 e. The van der Waals surface area contributed by atoms with Crippen LogP contribution in [0.1, 0.15) is 168 Å². The third-order valence-electron chi connectivity index (χ3n) is 8.10. The lowest BCUT2D eigenvalue weighted by molar-refractivity contribution is 0.0557. The molecule has 0 heterocycles. The Labute approximate surface area is 263 Å². The van der Waals surface area contributed by atoms with Crippen molar-refractivity contribution in [3.8, 4) is 0 Å². The van der Waals surface area contributed by atoms with Crippen LogP contribution in [0.25, 0.3) is 0 Å². The molecule has 252 valence electrons. The molecule has 0 unspecified atom stereocenters. The third kappa shape index (κ3) is 33.6. The van der Waals surface area contributed by atoms with Gasteiger partial charge in [-0.3, -0.25) is 0 Å². The summed E-state index contributed by atoms with van der Waals surface area (Å²) in [4.78, 5) is 14.4. The summed E-state index contributed by atoms with van der Waals surface area (Å²) in [5, 5.41) is 6.01. The van der Waals surface area contributed by atoms with E-state index in [9.17, 15) is 4.79 Å². The van der Waals surface area contributed by atoms with E-state index in [1.165, 1.54) is 141 Å². The van der Waals surface area contributed by atoms with E-state index in [0.29, 0.717) is 19.8 Å². The summed E-state index contributed by atoms with van der Waals surface area (Å²) in [6.45, 7) is 8.56. The number of unbranched alkanes of at least 4 members (excludes halogenated alkanes) is 22. The van der Waals surface area contributed by atoms with Crippen molar-refractivity contribution in [3.63, 3.8) is 0 Å². The summed E-state index contributed by atoms with van der Waals surface area (Å²) in [5.41, 5.74) is 0. The van der Waals surface area contributed by atoms with Crippen molar-refractivity contribution in [2.24, 2.45) is 0 Å². The number of hydrogen-bond donors (Lipinski definition) is 2. The van der Waals surface area contributed by atoms with E-state index in [1.54, 1.807) is 0 Å². The highest BCUT2D eigenvalue weighted by molar-refractivity contribution is 5.74. The fourth-order valence-electron chi connectivity index (χ4n) is 5.30. The second-order valence-electron chi connectivity index (χ2n) is 12.8. The lowest BCUT2D eigenvalue weighted by atomic mass is 10.1. The Kier molecular flexibility index (Phi) is 33.9. The molecule has 0 rings (SSSR count). The molecule has 0 aliphatic heterocycles. The largest absolute Gasteiger partial charge is 0.379 e. The number of hydrogen-bond acceptors (Lipinski definition) is 4. The molecule has 2 N–H and O–H groups in total. The first-order valence-electron chi connectivity index (χ1n) is 18.4. The molecule has 0 bridgehead atoms. The van der Waals surface area contributed by atoms with Crippen LogP contribution in [0.4, 0.5) is 4.79 Å². The zero-order chi connectivity index (χ0) is 30.8. The normalized spacial score (nSPS) is 11.6. The topological polar surface area (TPSA) is 62.8 Å². The van der Waals surface area contributed by atoms with Crippen molar-refractivity contribution in [1.82, 2.24) is 15.5 Å². The van der Waals surface area contributed by atoms with Crippen LogP contribution in [-0.2, 0) is 9.47 Å². The fraction of sp³-hybridized carbons (Fsp3) is 0.972. The summed E-state index contributed by atoms with van der Waals surface area (Å²) >= 11 is 0. The molecule has 0 saturated carbocycles. The lowest BCUT2D eigenvalue weighted by Gasteiger charge is -2.20. The van der Waals surface area contributed by atoms with Crippen LogP contribution in [0.5, 0.6) is 0 Å². The maximum atomic E-state index is 12.4. The maximum Gasteiger partial charge on any atom is 0.315 e.